The van der Waals surface area contributed by atoms with E-state index in [1.54, 1.807) is 6.92 Å². The molecule has 0 atom stereocenters. The topological polar surface area (TPSA) is 95.2 Å². The van der Waals surface area contributed by atoms with Crippen LogP contribution in [-0.2, 0) is 10.0 Å². The standard InChI is InChI=1S/C9H13N3O3S/c1-6(7(2)16(10,13)14)8-4-12-9(15-3)5-11-8/h4-5H,1-3H3,(H2,10,13,14)/b7-6+. The van der Waals surface area contributed by atoms with Crippen LogP contribution in [0.1, 0.15) is 19.5 Å². The van der Waals surface area contributed by atoms with E-state index in [9.17, 15) is 8.42 Å². The molecule has 2 N–H and O–H groups in total. The van der Waals surface area contributed by atoms with Gasteiger partial charge in [0, 0.05) is 0 Å². The second-order valence-electron chi connectivity index (χ2n) is 3.17. The van der Waals surface area contributed by atoms with Gasteiger partial charge in [0.25, 0.3) is 0 Å². The van der Waals surface area contributed by atoms with Crippen molar-refractivity contribution >= 4 is 15.6 Å². The summed E-state index contributed by atoms with van der Waals surface area (Å²) in [6.07, 6.45) is 2.85. The maximum atomic E-state index is 11.1. The van der Waals surface area contributed by atoms with Gasteiger partial charge in [0.15, 0.2) is 0 Å². The van der Waals surface area contributed by atoms with E-state index in [-0.39, 0.29) is 4.91 Å². The van der Waals surface area contributed by atoms with Gasteiger partial charge in [-0.1, -0.05) is 0 Å². The van der Waals surface area contributed by atoms with Crippen LogP contribution in [0.15, 0.2) is 17.3 Å². The number of nitrogens with two attached hydrogens (primary N) is 1. The molecule has 0 fully saturated rings. The number of aromatic nitrogens is 2. The van der Waals surface area contributed by atoms with E-state index < -0.39 is 10.0 Å². The molecular weight excluding hydrogens is 230 g/mol. The van der Waals surface area contributed by atoms with Gasteiger partial charge in [0.05, 0.1) is 30.1 Å². The monoisotopic (exact) mass is 243 g/mol. The van der Waals surface area contributed by atoms with Crippen molar-refractivity contribution < 1.29 is 13.2 Å². The number of nitrogens with zero attached hydrogens (tertiary/aromatic N) is 2. The molecule has 0 amide bonds. The van der Waals surface area contributed by atoms with Crippen LogP contribution in [0.3, 0.4) is 0 Å². The van der Waals surface area contributed by atoms with Crippen LogP contribution < -0.4 is 9.88 Å². The summed E-state index contributed by atoms with van der Waals surface area (Å²) in [5.74, 6) is 0.366. The van der Waals surface area contributed by atoms with Gasteiger partial charge in [-0.05, 0) is 19.4 Å². The molecule has 0 aromatic carbocycles. The molecule has 7 heteroatoms. The fourth-order valence-corrected chi connectivity index (χ4v) is 1.54. The lowest BCUT2D eigenvalue weighted by Gasteiger charge is -2.05. The molecule has 0 radical (unpaired) electrons. The van der Waals surface area contributed by atoms with Gasteiger partial charge >= 0.3 is 0 Å². The third-order valence-electron chi connectivity index (χ3n) is 2.18. The Balaban J connectivity index is 3.19. The summed E-state index contributed by atoms with van der Waals surface area (Å²) >= 11 is 0. The number of hydrogen-bond acceptors (Lipinski definition) is 5. The fraction of sp³-hybridized carbons (Fsp3) is 0.333. The summed E-state index contributed by atoms with van der Waals surface area (Å²) in [7, 11) is -2.21. The van der Waals surface area contributed by atoms with Crippen molar-refractivity contribution in [3.8, 4) is 5.88 Å². The minimum atomic E-state index is -3.69. The highest BCUT2D eigenvalue weighted by Gasteiger charge is 2.12. The lowest BCUT2D eigenvalue weighted by Crippen LogP contribution is -2.14. The SMILES string of the molecule is COc1cnc(/C(C)=C(\C)S(N)(=O)=O)cn1. The predicted octanol–water partition coefficient (Wildman–Crippen LogP) is 0.525. The molecule has 0 spiro atoms. The van der Waals surface area contributed by atoms with Crippen molar-refractivity contribution in [1.29, 1.82) is 0 Å². The summed E-state index contributed by atoms with van der Waals surface area (Å²) in [4.78, 5) is 8.02. The van der Waals surface area contributed by atoms with Gasteiger partial charge < -0.3 is 4.74 Å². The van der Waals surface area contributed by atoms with Crippen LogP contribution in [0, 0.1) is 0 Å². The number of primary sulfonamides is 1. The normalized spacial score (nSPS) is 13.2. The first kappa shape index (κ1) is 12.6. The molecule has 0 aliphatic heterocycles. The van der Waals surface area contributed by atoms with E-state index in [4.69, 9.17) is 9.88 Å². The second kappa shape index (κ2) is 4.58. The minimum Gasteiger partial charge on any atom is -0.480 e. The Hall–Kier alpha value is -1.47. The molecule has 1 aromatic heterocycles. The highest BCUT2D eigenvalue weighted by molar-refractivity contribution is 7.93. The zero-order valence-electron chi connectivity index (χ0n) is 9.26. The Kier molecular flexibility index (Phi) is 3.61. The average Bonchev–Trinajstić information content (AvgIpc) is 2.26. The number of methoxy groups -OCH3 is 1. The first-order chi connectivity index (χ1) is 7.36. The van der Waals surface area contributed by atoms with Crippen LogP contribution in [-0.4, -0.2) is 25.5 Å². The molecule has 6 nitrogen and oxygen atoms in total. The van der Waals surface area contributed by atoms with Crippen LogP contribution in [0.2, 0.25) is 0 Å². The molecule has 0 saturated carbocycles. The predicted molar refractivity (Wildman–Crippen MR) is 60.0 cm³/mol. The van der Waals surface area contributed by atoms with Crippen molar-refractivity contribution in [3.05, 3.63) is 23.0 Å². The molecule has 0 saturated heterocycles. The summed E-state index contributed by atoms with van der Waals surface area (Å²) in [5.41, 5.74) is 0.921. The van der Waals surface area contributed by atoms with E-state index in [0.717, 1.165) is 0 Å². The Labute approximate surface area is 94.2 Å². The molecule has 0 aliphatic rings. The molecular formula is C9H13N3O3S. The van der Waals surface area contributed by atoms with Gasteiger partial charge in [-0.2, -0.15) is 0 Å². The molecule has 1 aromatic rings. The van der Waals surface area contributed by atoms with Crippen LogP contribution in [0.4, 0.5) is 0 Å². The molecule has 16 heavy (non-hydrogen) atoms. The summed E-state index contributed by atoms with van der Waals surface area (Å²) in [6.45, 7) is 3.05. The van der Waals surface area contributed by atoms with E-state index >= 15 is 0 Å². The van der Waals surface area contributed by atoms with E-state index in [1.807, 2.05) is 0 Å². The largest absolute Gasteiger partial charge is 0.480 e. The van der Waals surface area contributed by atoms with Gasteiger partial charge in [0.2, 0.25) is 15.9 Å². The van der Waals surface area contributed by atoms with Crippen molar-refractivity contribution in [3.63, 3.8) is 0 Å². The van der Waals surface area contributed by atoms with E-state index in [1.165, 1.54) is 26.4 Å². The zero-order chi connectivity index (χ0) is 12.3. The Bertz CT molecular complexity index is 505. The van der Waals surface area contributed by atoms with Gasteiger partial charge in [-0.15, -0.1) is 0 Å². The summed E-state index contributed by atoms with van der Waals surface area (Å²) in [5, 5.41) is 5.01. The summed E-state index contributed by atoms with van der Waals surface area (Å²) < 4.78 is 27.1. The Morgan fingerprint density at radius 1 is 1.31 bits per heavy atom. The van der Waals surface area contributed by atoms with Crippen LogP contribution in [0.5, 0.6) is 5.88 Å². The van der Waals surface area contributed by atoms with Crippen molar-refractivity contribution in [2.24, 2.45) is 5.14 Å². The third-order valence-corrected chi connectivity index (χ3v) is 3.34. The number of allylic oxidation sites excluding steroid dienone is 2. The maximum absolute atomic E-state index is 11.1. The highest BCUT2D eigenvalue weighted by atomic mass is 32.2. The zero-order valence-corrected chi connectivity index (χ0v) is 10.1. The molecule has 0 unspecified atom stereocenters. The number of sulfonamides is 1. The Morgan fingerprint density at radius 2 is 1.94 bits per heavy atom. The van der Waals surface area contributed by atoms with Gasteiger partial charge in [-0.25, -0.2) is 23.5 Å². The fourth-order valence-electron chi connectivity index (χ4n) is 1.01. The molecule has 1 heterocycles. The molecule has 0 bridgehead atoms. The molecule has 0 aliphatic carbocycles. The number of rotatable bonds is 3. The second-order valence-corrected chi connectivity index (χ2v) is 4.87. The molecule has 1 rings (SSSR count). The number of hydrogen-bond donors (Lipinski definition) is 1. The first-order valence-electron chi connectivity index (χ1n) is 4.43. The first-order valence-corrected chi connectivity index (χ1v) is 5.97. The average molecular weight is 243 g/mol. The van der Waals surface area contributed by atoms with Gasteiger partial charge in [0.1, 0.15) is 0 Å². The summed E-state index contributed by atoms with van der Waals surface area (Å²) in [6, 6.07) is 0. The van der Waals surface area contributed by atoms with E-state index in [0.29, 0.717) is 17.1 Å². The minimum absolute atomic E-state index is 0.0759. The third kappa shape index (κ3) is 2.77. The maximum Gasteiger partial charge on any atom is 0.234 e. The quantitative estimate of drug-likeness (QED) is 0.835. The Morgan fingerprint density at radius 3 is 2.31 bits per heavy atom. The van der Waals surface area contributed by atoms with Crippen LogP contribution >= 0.6 is 0 Å². The smallest absolute Gasteiger partial charge is 0.234 e. The van der Waals surface area contributed by atoms with Crippen molar-refractivity contribution in [2.45, 2.75) is 13.8 Å². The lowest BCUT2D eigenvalue weighted by atomic mass is 10.2. The number of ether oxygens (including phenoxy) is 1. The van der Waals surface area contributed by atoms with Gasteiger partial charge in [-0.3, -0.25) is 0 Å². The molecule has 88 valence electrons. The van der Waals surface area contributed by atoms with Crippen molar-refractivity contribution in [2.75, 3.05) is 7.11 Å². The van der Waals surface area contributed by atoms with Crippen LogP contribution in [0.25, 0.3) is 5.57 Å². The lowest BCUT2D eigenvalue weighted by molar-refractivity contribution is 0.395. The van der Waals surface area contributed by atoms with E-state index in [2.05, 4.69) is 9.97 Å². The highest BCUT2D eigenvalue weighted by Crippen LogP contribution is 2.18. The van der Waals surface area contributed by atoms with Crippen molar-refractivity contribution in [1.82, 2.24) is 9.97 Å².